The summed E-state index contributed by atoms with van der Waals surface area (Å²) in [5.41, 5.74) is 4.32. The van der Waals surface area contributed by atoms with Crippen molar-refractivity contribution in [2.24, 2.45) is 13.0 Å². The van der Waals surface area contributed by atoms with Gasteiger partial charge >= 0.3 is 5.97 Å². The van der Waals surface area contributed by atoms with Crippen LogP contribution < -0.4 is 4.90 Å². The highest BCUT2D eigenvalue weighted by molar-refractivity contribution is 5.77. The second-order valence-electron chi connectivity index (χ2n) is 5.58. The molecule has 2 heterocycles. The van der Waals surface area contributed by atoms with E-state index in [1.807, 2.05) is 37.1 Å². The summed E-state index contributed by atoms with van der Waals surface area (Å²) in [4.78, 5) is 12.8. The molecule has 0 saturated carbocycles. The predicted octanol–water partition coefficient (Wildman–Crippen LogP) is 1.79. The largest absolute Gasteiger partial charge is 0.481 e. The van der Waals surface area contributed by atoms with E-state index in [2.05, 4.69) is 11.2 Å². The average molecular weight is 296 g/mol. The molecule has 0 spiro atoms. The highest BCUT2D eigenvalue weighted by atomic mass is 16.4. The van der Waals surface area contributed by atoms with Crippen LogP contribution in [0.4, 0.5) is 5.69 Å². The smallest absolute Gasteiger partial charge is 0.310 e. The molecule has 1 aromatic heterocycles. The molecule has 6 heteroatoms. The van der Waals surface area contributed by atoms with Gasteiger partial charge < -0.3 is 10.0 Å². The van der Waals surface area contributed by atoms with Crippen LogP contribution in [-0.4, -0.2) is 33.9 Å². The molecule has 0 amide bonds. The van der Waals surface area contributed by atoms with Gasteiger partial charge in [-0.3, -0.25) is 9.48 Å². The number of hydrogen-bond acceptors (Lipinski definition) is 4. The molecule has 1 saturated heterocycles. The molecule has 112 valence electrons. The van der Waals surface area contributed by atoms with Crippen molar-refractivity contribution in [3.05, 3.63) is 35.5 Å². The lowest BCUT2D eigenvalue weighted by Crippen LogP contribution is -2.50. The van der Waals surface area contributed by atoms with Crippen molar-refractivity contribution in [1.82, 2.24) is 9.78 Å². The second-order valence-corrected chi connectivity index (χ2v) is 5.58. The van der Waals surface area contributed by atoms with Crippen LogP contribution in [0.5, 0.6) is 0 Å². The number of nitriles is 1. The summed E-state index contributed by atoms with van der Waals surface area (Å²) in [6.07, 6.45) is 1.79. The molecule has 1 fully saturated rings. The van der Waals surface area contributed by atoms with Crippen molar-refractivity contribution in [3.63, 3.8) is 0 Å². The first-order valence-electron chi connectivity index (χ1n) is 7.02. The van der Waals surface area contributed by atoms with Gasteiger partial charge in [0.25, 0.3) is 0 Å². The maximum Gasteiger partial charge on any atom is 0.310 e. The van der Waals surface area contributed by atoms with E-state index >= 15 is 0 Å². The number of carbonyl (C=O) groups is 1. The normalized spacial score (nSPS) is 14.5. The van der Waals surface area contributed by atoms with Crippen LogP contribution in [0.25, 0.3) is 11.3 Å². The first-order chi connectivity index (χ1) is 10.5. The molecule has 2 aromatic rings. The third kappa shape index (κ3) is 2.21. The molecule has 0 bridgehead atoms. The van der Waals surface area contributed by atoms with E-state index < -0.39 is 5.97 Å². The molecule has 1 N–H and O–H groups in total. The zero-order valence-corrected chi connectivity index (χ0v) is 12.4. The zero-order valence-electron chi connectivity index (χ0n) is 12.4. The number of nitrogens with zero attached hydrogens (tertiary/aromatic N) is 4. The third-order valence-corrected chi connectivity index (χ3v) is 4.08. The Kier molecular flexibility index (Phi) is 3.33. The molecule has 0 radical (unpaired) electrons. The highest BCUT2D eigenvalue weighted by Crippen LogP contribution is 2.32. The van der Waals surface area contributed by atoms with Gasteiger partial charge in [0.1, 0.15) is 6.07 Å². The van der Waals surface area contributed by atoms with E-state index in [0.717, 1.165) is 22.5 Å². The van der Waals surface area contributed by atoms with Crippen molar-refractivity contribution >= 4 is 11.7 Å². The number of aliphatic carboxylic acids is 1. The van der Waals surface area contributed by atoms with E-state index in [4.69, 9.17) is 5.11 Å². The molecule has 3 rings (SSSR count). The zero-order chi connectivity index (χ0) is 15.9. The molecule has 1 aliphatic heterocycles. The first-order valence-corrected chi connectivity index (χ1v) is 7.02. The van der Waals surface area contributed by atoms with Crippen LogP contribution in [0.2, 0.25) is 0 Å². The van der Waals surface area contributed by atoms with Gasteiger partial charge in [0.15, 0.2) is 0 Å². The van der Waals surface area contributed by atoms with Gasteiger partial charge in [-0.1, -0.05) is 6.07 Å². The van der Waals surface area contributed by atoms with Gasteiger partial charge in [0.2, 0.25) is 0 Å². The fourth-order valence-corrected chi connectivity index (χ4v) is 2.84. The van der Waals surface area contributed by atoms with Crippen molar-refractivity contribution in [3.8, 4) is 17.3 Å². The van der Waals surface area contributed by atoms with Gasteiger partial charge in [-0.15, -0.1) is 0 Å². The van der Waals surface area contributed by atoms with Crippen molar-refractivity contribution in [2.75, 3.05) is 18.0 Å². The Morgan fingerprint density at radius 2 is 2.18 bits per heavy atom. The van der Waals surface area contributed by atoms with Gasteiger partial charge in [-0.2, -0.15) is 10.4 Å². The van der Waals surface area contributed by atoms with E-state index in [0.29, 0.717) is 18.7 Å². The van der Waals surface area contributed by atoms with E-state index in [-0.39, 0.29) is 5.92 Å². The van der Waals surface area contributed by atoms with Crippen molar-refractivity contribution in [1.29, 1.82) is 5.26 Å². The highest BCUT2D eigenvalue weighted by Gasteiger charge is 2.33. The molecule has 22 heavy (non-hydrogen) atoms. The monoisotopic (exact) mass is 296 g/mol. The predicted molar refractivity (Wildman–Crippen MR) is 81.4 cm³/mol. The number of hydrogen-bond donors (Lipinski definition) is 1. The average Bonchev–Trinajstić information content (AvgIpc) is 2.76. The van der Waals surface area contributed by atoms with Gasteiger partial charge in [0, 0.05) is 25.7 Å². The standard InChI is InChI=1S/C16H16N4O2/c1-10-7-18-19(2)15(10)11-3-4-14(12(5-11)6-17)20-8-13(9-20)16(21)22/h3-5,7,13H,8-9H2,1-2H3,(H,21,22). The van der Waals surface area contributed by atoms with Crippen LogP contribution in [0.15, 0.2) is 24.4 Å². The molecule has 0 aliphatic carbocycles. The Labute approximate surface area is 128 Å². The maximum atomic E-state index is 10.9. The Hall–Kier alpha value is -2.81. The van der Waals surface area contributed by atoms with Crippen molar-refractivity contribution < 1.29 is 9.90 Å². The van der Waals surface area contributed by atoms with Crippen LogP contribution in [0.1, 0.15) is 11.1 Å². The number of benzene rings is 1. The number of carboxylic acids is 1. The summed E-state index contributed by atoms with van der Waals surface area (Å²) < 4.78 is 1.79. The fourth-order valence-electron chi connectivity index (χ4n) is 2.84. The van der Waals surface area contributed by atoms with E-state index in [1.165, 1.54) is 0 Å². The number of carboxylic acid groups (broad SMARTS) is 1. The molecular weight excluding hydrogens is 280 g/mol. The lowest BCUT2D eigenvalue weighted by Gasteiger charge is -2.39. The number of rotatable bonds is 3. The van der Waals surface area contributed by atoms with E-state index in [1.54, 1.807) is 10.9 Å². The Bertz CT molecular complexity index is 762. The lowest BCUT2D eigenvalue weighted by atomic mass is 9.97. The maximum absolute atomic E-state index is 10.9. The SMILES string of the molecule is Cc1cnn(C)c1-c1ccc(N2CC(C(=O)O)C2)c(C#N)c1. The fraction of sp³-hybridized carbons (Fsp3) is 0.312. The quantitative estimate of drug-likeness (QED) is 0.933. The summed E-state index contributed by atoms with van der Waals surface area (Å²) in [7, 11) is 1.87. The van der Waals surface area contributed by atoms with E-state index in [9.17, 15) is 10.1 Å². The Balaban J connectivity index is 1.93. The summed E-state index contributed by atoms with van der Waals surface area (Å²) in [5.74, 6) is -1.12. The molecule has 1 aliphatic rings. The van der Waals surface area contributed by atoms with Crippen LogP contribution in [-0.2, 0) is 11.8 Å². The van der Waals surface area contributed by atoms with Crippen LogP contribution >= 0.6 is 0 Å². The summed E-state index contributed by atoms with van der Waals surface area (Å²) in [6, 6.07) is 7.89. The molecule has 0 atom stereocenters. The van der Waals surface area contributed by atoms with Gasteiger partial charge in [-0.05, 0) is 24.6 Å². The minimum atomic E-state index is -0.781. The summed E-state index contributed by atoms with van der Waals surface area (Å²) >= 11 is 0. The first kappa shape index (κ1) is 14.1. The van der Waals surface area contributed by atoms with Gasteiger partial charge in [-0.25, -0.2) is 0 Å². The molecular formula is C16H16N4O2. The van der Waals surface area contributed by atoms with Crippen LogP contribution in [0.3, 0.4) is 0 Å². The number of aryl methyl sites for hydroxylation is 2. The minimum Gasteiger partial charge on any atom is -0.481 e. The number of anilines is 1. The molecule has 6 nitrogen and oxygen atoms in total. The topological polar surface area (TPSA) is 82.2 Å². The third-order valence-electron chi connectivity index (χ3n) is 4.08. The Morgan fingerprint density at radius 1 is 1.45 bits per heavy atom. The summed E-state index contributed by atoms with van der Waals surface area (Å²) in [5, 5.41) is 22.6. The second kappa shape index (κ2) is 5.19. The van der Waals surface area contributed by atoms with Crippen LogP contribution in [0, 0.1) is 24.2 Å². The van der Waals surface area contributed by atoms with Gasteiger partial charge in [0.05, 0.1) is 29.1 Å². The molecule has 0 unspecified atom stereocenters. The number of aromatic nitrogens is 2. The van der Waals surface area contributed by atoms with Crippen molar-refractivity contribution in [2.45, 2.75) is 6.92 Å². The summed E-state index contributed by atoms with van der Waals surface area (Å²) in [6.45, 7) is 2.89. The lowest BCUT2D eigenvalue weighted by molar-refractivity contribution is -0.142. The Morgan fingerprint density at radius 3 is 2.73 bits per heavy atom. The molecule has 1 aromatic carbocycles. The minimum absolute atomic E-state index is 0.342.